The van der Waals surface area contributed by atoms with Crippen LogP contribution in [0.1, 0.15) is 64.2 Å². The molecule has 1 saturated heterocycles. The predicted octanol–water partition coefficient (Wildman–Crippen LogP) is 1.88. The molecule has 3 rings (SSSR count). The zero-order chi connectivity index (χ0) is 21.0. The van der Waals surface area contributed by atoms with Crippen LogP contribution >= 0.6 is 11.8 Å². The monoisotopic (exact) mass is 422 g/mol. The van der Waals surface area contributed by atoms with E-state index in [0.29, 0.717) is 12.6 Å². The second-order valence-electron chi connectivity index (χ2n) is 8.13. The van der Waals surface area contributed by atoms with Gasteiger partial charge in [0.05, 0.1) is 0 Å². The van der Waals surface area contributed by atoms with E-state index >= 15 is 0 Å². The van der Waals surface area contributed by atoms with Gasteiger partial charge in [-0.15, -0.1) is 10.2 Å². The van der Waals surface area contributed by atoms with Crippen LogP contribution in [-0.2, 0) is 16.0 Å². The molecular weight excluding hydrogens is 392 g/mol. The molecule has 2 aliphatic rings. The molecule has 0 bridgehead atoms. The number of amides is 4. The average molecular weight is 423 g/mol. The maximum absolute atomic E-state index is 12.1. The number of hydrogen-bond acceptors (Lipinski definition) is 6. The first-order valence-corrected chi connectivity index (χ1v) is 11.4. The van der Waals surface area contributed by atoms with Crippen LogP contribution in [0.15, 0.2) is 5.16 Å². The summed E-state index contributed by atoms with van der Waals surface area (Å²) in [5, 5.41) is 15.1. The molecule has 1 aromatic heterocycles. The number of nitrogens with zero attached hydrogens (tertiary/aromatic N) is 4. The zero-order valence-corrected chi connectivity index (χ0v) is 18.2. The van der Waals surface area contributed by atoms with Crippen molar-refractivity contribution in [3.8, 4) is 0 Å². The van der Waals surface area contributed by atoms with Crippen LogP contribution in [-0.4, -0.2) is 62.4 Å². The fourth-order valence-electron chi connectivity index (χ4n) is 3.94. The van der Waals surface area contributed by atoms with Crippen molar-refractivity contribution in [3.63, 3.8) is 0 Å². The molecular formula is C19H30N6O3S. The van der Waals surface area contributed by atoms with Crippen molar-refractivity contribution in [1.29, 1.82) is 0 Å². The molecule has 9 nitrogen and oxygen atoms in total. The molecule has 2 N–H and O–H groups in total. The fraction of sp³-hybridized carbons (Fsp3) is 0.737. The van der Waals surface area contributed by atoms with Crippen LogP contribution in [0.2, 0.25) is 0 Å². The van der Waals surface area contributed by atoms with E-state index < -0.39 is 11.6 Å². The SMILES string of the molecule is CSc1nnc(CCCNC(=O)CCN2C(=O)NC(C)(C)C2=O)n1C1CCCC1. The molecule has 0 spiro atoms. The molecule has 29 heavy (non-hydrogen) atoms. The number of aryl methyl sites for hydroxylation is 1. The van der Waals surface area contributed by atoms with Crippen molar-refractivity contribution in [3.05, 3.63) is 5.82 Å². The minimum absolute atomic E-state index is 0.0903. The molecule has 0 unspecified atom stereocenters. The van der Waals surface area contributed by atoms with Gasteiger partial charge in [0.2, 0.25) is 5.91 Å². The topological polar surface area (TPSA) is 109 Å². The standard InChI is InChI=1S/C19H30N6O3S/c1-19(2)16(27)24(17(28)21-19)12-10-15(26)20-11-6-9-14-22-23-18(29-3)25(14)13-7-4-5-8-13/h13H,4-12H2,1-3H3,(H,20,26)(H,21,28). The summed E-state index contributed by atoms with van der Waals surface area (Å²) in [5.41, 5.74) is -0.904. The molecule has 1 aromatic rings. The van der Waals surface area contributed by atoms with Gasteiger partial charge in [0.1, 0.15) is 11.4 Å². The summed E-state index contributed by atoms with van der Waals surface area (Å²) >= 11 is 1.62. The molecule has 160 valence electrons. The second-order valence-corrected chi connectivity index (χ2v) is 8.90. The maximum atomic E-state index is 12.1. The highest BCUT2D eigenvalue weighted by molar-refractivity contribution is 7.98. The van der Waals surface area contributed by atoms with E-state index in [1.807, 2.05) is 6.26 Å². The molecule has 4 amide bonds. The van der Waals surface area contributed by atoms with Crippen molar-refractivity contribution < 1.29 is 14.4 Å². The lowest BCUT2D eigenvalue weighted by Crippen LogP contribution is -2.40. The molecule has 0 aromatic carbocycles. The summed E-state index contributed by atoms with van der Waals surface area (Å²) in [4.78, 5) is 37.2. The van der Waals surface area contributed by atoms with Crippen molar-refractivity contribution in [2.75, 3.05) is 19.3 Å². The van der Waals surface area contributed by atoms with Crippen molar-refractivity contribution in [2.24, 2.45) is 0 Å². The van der Waals surface area contributed by atoms with E-state index in [9.17, 15) is 14.4 Å². The quantitative estimate of drug-likeness (QED) is 0.357. The summed E-state index contributed by atoms with van der Waals surface area (Å²) < 4.78 is 2.28. The van der Waals surface area contributed by atoms with Gasteiger partial charge in [-0.25, -0.2) is 4.79 Å². The summed E-state index contributed by atoms with van der Waals surface area (Å²) in [6.07, 6.45) is 8.49. The van der Waals surface area contributed by atoms with Gasteiger partial charge in [0.25, 0.3) is 5.91 Å². The Bertz CT molecular complexity index is 772. The molecule has 2 heterocycles. The smallest absolute Gasteiger partial charge is 0.325 e. The lowest BCUT2D eigenvalue weighted by molar-refractivity contribution is -0.130. The largest absolute Gasteiger partial charge is 0.356 e. The molecule has 0 atom stereocenters. The lowest BCUT2D eigenvalue weighted by Gasteiger charge is -2.16. The van der Waals surface area contributed by atoms with Gasteiger partial charge in [0.15, 0.2) is 5.16 Å². The zero-order valence-electron chi connectivity index (χ0n) is 17.4. The number of imide groups is 1. The Balaban J connectivity index is 1.42. The van der Waals surface area contributed by atoms with Crippen LogP contribution in [0.5, 0.6) is 0 Å². The maximum Gasteiger partial charge on any atom is 0.325 e. The third-order valence-corrected chi connectivity index (χ3v) is 6.16. The van der Waals surface area contributed by atoms with Crippen LogP contribution < -0.4 is 10.6 Å². The average Bonchev–Trinajstić information content (AvgIpc) is 3.37. The first-order valence-electron chi connectivity index (χ1n) is 10.2. The van der Waals surface area contributed by atoms with Gasteiger partial charge in [0, 0.05) is 32.0 Å². The number of carbonyl (C=O) groups excluding carboxylic acids is 3. The summed E-state index contributed by atoms with van der Waals surface area (Å²) in [5.74, 6) is 0.514. The summed E-state index contributed by atoms with van der Waals surface area (Å²) in [6, 6.07) is 0.0501. The number of nitrogens with one attached hydrogen (secondary N) is 2. The number of rotatable bonds is 9. The molecule has 1 aliphatic carbocycles. The van der Waals surface area contributed by atoms with Crippen LogP contribution in [0.25, 0.3) is 0 Å². The molecule has 1 aliphatic heterocycles. The van der Waals surface area contributed by atoms with Gasteiger partial charge < -0.3 is 15.2 Å². The number of aromatic nitrogens is 3. The van der Waals surface area contributed by atoms with E-state index in [1.54, 1.807) is 25.6 Å². The number of thioether (sulfide) groups is 1. The van der Waals surface area contributed by atoms with Crippen LogP contribution in [0.3, 0.4) is 0 Å². The summed E-state index contributed by atoms with van der Waals surface area (Å²) in [6.45, 7) is 3.92. The lowest BCUT2D eigenvalue weighted by atomic mass is 10.1. The first-order chi connectivity index (χ1) is 13.8. The van der Waals surface area contributed by atoms with E-state index in [4.69, 9.17) is 0 Å². The molecule has 0 radical (unpaired) electrons. The highest BCUT2D eigenvalue weighted by Gasteiger charge is 2.43. The second kappa shape index (κ2) is 9.15. The molecule has 2 fully saturated rings. The van der Waals surface area contributed by atoms with E-state index in [2.05, 4.69) is 25.4 Å². The van der Waals surface area contributed by atoms with Gasteiger partial charge in [-0.3, -0.25) is 14.5 Å². The van der Waals surface area contributed by atoms with Gasteiger partial charge in [-0.1, -0.05) is 24.6 Å². The highest BCUT2D eigenvalue weighted by Crippen LogP contribution is 2.33. The minimum Gasteiger partial charge on any atom is -0.356 e. The number of urea groups is 1. The van der Waals surface area contributed by atoms with Crippen molar-refractivity contribution in [1.82, 2.24) is 30.3 Å². The van der Waals surface area contributed by atoms with Gasteiger partial charge in [-0.05, 0) is 39.4 Å². The molecule has 1 saturated carbocycles. The van der Waals surface area contributed by atoms with E-state index in [0.717, 1.165) is 28.7 Å². The van der Waals surface area contributed by atoms with E-state index in [1.165, 1.54) is 25.7 Å². The first kappa shape index (κ1) is 21.6. The number of carbonyl (C=O) groups is 3. The number of hydrogen-bond donors (Lipinski definition) is 2. The van der Waals surface area contributed by atoms with Crippen molar-refractivity contribution in [2.45, 2.75) is 75.5 Å². The predicted molar refractivity (Wildman–Crippen MR) is 110 cm³/mol. The Labute approximate surface area is 175 Å². The highest BCUT2D eigenvalue weighted by atomic mass is 32.2. The Hall–Kier alpha value is -2.10. The minimum atomic E-state index is -0.904. The normalized spacial score (nSPS) is 19.1. The Morgan fingerprint density at radius 3 is 2.62 bits per heavy atom. The Kier molecular flexibility index (Phi) is 6.81. The van der Waals surface area contributed by atoms with Crippen LogP contribution in [0.4, 0.5) is 4.79 Å². The van der Waals surface area contributed by atoms with Gasteiger partial charge in [-0.2, -0.15) is 0 Å². The van der Waals surface area contributed by atoms with Gasteiger partial charge >= 0.3 is 6.03 Å². The Morgan fingerprint density at radius 1 is 1.28 bits per heavy atom. The summed E-state index contributed by atoms with van der Waals surface area (Å²) in [7, 11) is 0. The van der Waals surface area contributed by atoms with Crippen molar-refractivity contribution >= 4 is 29.6 Å². The van der Waals surface area contributed by atoms with Crippen LogP contribution in [0, 0.1) is 0 Å². The molecule has 10 heteroatoms. The third kappa shape index (κ3) is 4.91. The Morgan fingerprint density at radius 2 is 2.00 bits per heavy atom. The third-order valence-electron chi connectivity index (χ3n) is 5.51. The van der Waals surface area contributed by atoms with E-state index in [-0.39, 0.29) is 24.8 Å². The fourth-order valence-corrected chi connectivity index (χ4v) is 4.52.